The number of nitrogens with zero attached hydrogens (tertiary/aromatic N) is 3. The van der Waals surface area contributed by atoms with Crippen molar-refractivity contribution in [3.05, 3.63) is 53.6 Å². The molecular formula is C24H29FN4O6S. The first-order valence-corrected chi connectivity index (χ1v) is 12.6. The van der Waals surface area contributed by atoms with E-state index in [1.54, 1.807) is 26.0 Å². The summed E-state index contributed by atoms with van der Waals surface area (Å²) in [5.41, 5.74) is 1.29. The maximum Gasteiger partial charge on any atom is 0.307 e. The van der Waals surface area contributed by atoms with Crippen LogP contribution in [0.5, 0.6) is 11.6 Å². The standard InChI is InChI=1S/C24H29FN4O6S/c1-14(2)17-9-16(25)10-18(19(17)11-22(30)31)15-6-7-27-21(8-15)35-13-24(3,4)29-12-20(34-5)23(28-29)36(26,32)33/h6-10,12,14H,11,13H2,1-5H3,(H,30,31)(H2,26,32,33). The SMILES string of the molecule is COc1cn(C(C)(C)COc2cc(-c3cc(F)cc(C(C)C)c3CC(=O)O)ccn2)nc1S(N)(=O)=O. The second-order valence-electron chi connectivity index (χ2n) is 9.22. The molecule has 3 aromatic rings. The Kier molecular flexibility index (Phi) is 7.70. The topological polar surface area (TPSA) is 147 Å². The van der Waals surface area contributed by atoms with Crippen molar-refractivity contribution < 1.29 is 32.2 Å². The first-order valence-electron chi connectivity index (χ1n) is 11.0. The van der Waals surface area contributed by atoms with E-state index < -0.39 is 32.4 Å². The van der Waals surface area contributed by atoms with Crippen LogP contribution in [0.4, 0.5) is 4.39 Å². The Hall–Kier alpha value is -3.51. The minimum absolute atomic E-state index is 0.00344. The number of aromatic nitrogens is 3. The third kappa shape index (κ3) is 6.00. The lowest BCUT2D eigenvalue weighted by atomic mass is 9.88. The fourth-order valence-corrected chi connectivity index (χ4v) is 4.36. The lowest BCUT2D eigenvalue weighted by Gasteiger charge is -2.25. The Labute approximate surface area is 208 Å². The summed E-state index contributed by atoms with van der Waals surface area (Å²) in [4.78, 5) is 15.8. The van der Waals surface area contributed by atoms with Gasteiger partial charge in [-0.25, -0.2) is 22.9 Å². The molecule has 0 spiro atoms. The van der Waals surface area contributed by atoms with Crippen molar-refractivity contribution in [2.24, 2.45) is 5.14 Å². The molecule has 0 aliphatic carbocycles. The summed E-state index contributed by atoms with van der Waals surface area (Å²) in [7, 11) is -2.79. The van der Waals surface area contributed by atoms with Crippen LogP contribution in [-0.2, 0) is 26.8 Å². The molecule has 36 heavy (non-hydrogen) atoms. The van der Waals surface area contributed by atoms with Crippen LogP contribution in [0, 0.1) is 5.82 Å². The Morgan fingerprint density at radius 1 is 1.28 bits per heavy atom. The molecule has 2 aromatic heterocycles. The zero-order valence-electron chi connectivity index (χ0n) is 20.6. The van der Waals surface area contributed by atoms with Crippen molar-refractivity contribution >= 4 is 16.0 Å². The molecule has 0 atom stereocenters. The van der Waals surface area contributed by atoms with Gasteiger partial charge in [0.15, 0.2) is 5.75 Å². The molecule has 0 unspecified atom stereocenters. The number of methoxy groups -OCH3 is 1. The highest BCUT2D eigenvalue weighted by atomic mass is 32.2. The van der Waals surface area contributed by atoms with Gasteiger partial charge in [0.1, 0.15) is 12.4 Å². The number of rotatable bonds is 10. The number of hydrogen-bond acceptors (Lipinski definition) is 7. The monoisotopic (exact) mass is 520 g/mol. The number of hydrogen-bond donors (Lipinski definition) is 2. The molecule has 3 rings (SSSR count). The summed E-state index contributed by atoms with van der Waals surface area (Å²) >= 11 is 0. The summed E-state index contributed by atoms with van der Waals surface area (Å²) in [6, 6.07) is 5.92. The number of ether oxygens (including phenoxy) is 2. The number of carboxylic acids is 1. The highest BCUT2D eigenvalue weighted by Crippen LogP contribution is 2.33. The fourth-order valence-electron chi connectivity index (χ4n) is 3.74. The van der Waals surface area contributed by atoms with Crippen LogP contribution in [0.3, 0.4) is 0 Å². The van der Waals surface area contributed by atoms with Crippen LogP contribution in [0.25, 0.3) is 11.1 Å². The molecule has 0 fully saturated rings. The zero-order valence-corrected chi connectivity index (χ0v) is 21.5. The van der Waals surface area contributed by atoms with Crippen molar-refractivity contribution in [1.82, 2.24) is 14.8 Å². The number of nitrogens with two attached hydrogens (primary N) is 1. The van der Waals surface area contributed by atoms with Crippen LogP contribution in [0.1, 0.15) is 44.7 Å². The lowest BCUT2D eigenvalue weighted by Crippen LogP contribution is -2.34. The van der Waals surface area contributed by atoms with Gasteiger partial charge in [0.05, 0.1) is 25.3 Å². The van der Waals surface area contributed by atoms with E-state index in [1.165, 1.54) is 36.3 Å². The number of primary sulfonamides is 1. The van der Waals surface area contributed by atoms with Gasteiger partial charge in [-0.3, -0.25) is 9.48 Å². The van der Waals surface area contributed by atoms with Crippen LogP contribution >= 0.6 is 0 Å². The van der Waals surface area contributed by atoms with Gasteiger partial charge in [-0.15, -0.1) is 0 Å². The summed E-state index contributed by atoms with van der Waals surface area (Å²) in [5.74, 6) is -1.36. The number of halogens is 1. The molecule has 0 bridgehead atoms. The van der Waals surface area contributed by atoms with Crippen molar-refractivity contribution in [2.45, 2.75) is 50.6 Å². The van der Waals surface area contributed by atoms with E-state index in [-0.39, 0.29) is 30.6 Å². The van der Waals surface area contributed by atoms with E-state index in [0.717, 1.165) is 0 Å². The van der Waals surface area contributed by atoms with E-state index in [1.807, 2.05) is 13.8 Å². The summed E-state index contributed by atoms with van der Waals surface area (Å²) in [6.45, 7) is 7.31. The van der Waals surface area contributed by atoms with Crippen molar-refractivity contribution in [3.8, 4) is 22.8 Å². The third-order valence-corrected chi connectivity index (χ3v) is 6.40. The van der Waals surface area contributed by atoms with Crippen molar-refractivity contribution in [1.29, 1.82) is 0 Å². The largest absolute Gasteiger partial charge is 0.492 e. The van der Waals surface area contributed by atoms with Gasteiger partial charge in [0.2, 0.25) is 10.9 Å². The molecule has 194 valence electrons. The van der Waals surface area contributed by atoms with Gasteiger partial charge in [-0.2, -0.15) is 5.10 Å². The molecule has 2 heterocycles. The van der Waals surface area contributed by atoms with Gasteiger partial charge in [0, 0.05) is 12.3 Å². The second kappa shape index (κ2) is 10.2. The highest BCUT2D eigenvalue weighted by molar-refractivity contribution is 7.89. The van der Waals surface area contributed by atoms with E-state index in [0.29, 0.717) is 22.3 Å². The number of carboxylic acid groups (broad SMARTS) is 1. The zero-order chi connectivity index (χ0) is 26.8. The van der Waals surface area contributed by atoms with E-state index >= 15 is 0 Å². The molecule has 0 aliphatic heterocycles. The quantitative estimate of drug-likeness (QED) is 0.414. The van der Waals surface area contributed by atoms with Gasteiger partial charge >= 0.3 is 5.97 Å². The van der Waals surface area contributed by atoms with Crippen molar-refractivity contribution in [3.63, 3.8) is 0 Å². The normalized spacial score (nSPS) is 12.1. The van der Waals surface area contributed by atoms with Crippen LogP contribution in [0.15, 0.2) is 41.7 Å². The number of carbonyl (C=O) groups is 1. The Bertz CT molecular complexity index is 1390. The van der Waals surface area contributed by atoms with Gasteiger partial charge < -0.3 is 14.6 Å². The summed E-state index contributed by atoms with van der Waals surface area (Å²) < 4.78 is 50.4. The number of aliphatic carboxylic acids is 1. The average molecular weight is 521 g/mol. The lowest BCUT2D eigenvalue weighted by molar-refractivity contribution is -0.136. The molecule has 0 amide bonds. The average Bonchev–Trinajstić information content (AvgIpc) is 3.25. The highest BCUT2D eigenvalue weighted by Gasteiger charge is 2.29. The first-order chi connectivity index (χ1) is 16.7. The molecule has 0 saturated carbocycles. The van der Waals surface area contributed by atoms with E-state index in [9.17, 15) is 22.7 Å². The molecule has 0 saturated heterocycles. The molecule has 0 radical (unpaired) electrons. The summed E-state index contributed by atoms with van der Waals surface area (Å²) in [5, 5.41) is 18.3. The van der Waals surface area contributed by atoms with Gasteiger partial charge in [0.25, 0.3) is 10.0 Å². The number of sulfonamides is 1. The predicted octanol–water partition coefficient (Wildman–Crippen LogP) is 3.30. The van der Waals surface area contributed by atoms with Crippen LogP contribution in [-0.4, -0.2) is 48.0 Å². The minimum atomic E-state index is -4.10. The Balaban J connectivity index is 1.93. The molecular weight excluding hydrogens is 491 g/mol. The third-order valence-electron chi connectivity index (χ3n) is 5.58. The maximum absolute atomic E-state index is 14.5. The summed E-state index contributed by atoms with van der Waals surface area (Å²) in [6.07, 6.45) is 2.63. The van der Waals surface area contributed by atoms with E-state index in [4.69, 9.17) is 14.6 Å². The molecule has 10 nitrogen and oxygen atoms in total. The predicted molar refractivity (Wildman–Crippen MR) is 130 cm³/mol. The van der Waals surface area contributed by atoms with Crippen molar-refractivity contribution in [2.75, 3.05) is 13.7 Å². The maximum atomic E-state index is 14.5. The first kappa shape index (κ1) is 27.1. The van der Waals surface area contributed by atoms with Gasteiger partial charge in [-0.1, -0.05) is 13.8 Å². The Morgan fingerprint density at radius 2 is 1.97 bits per heavy atom. The fraction of sp³-hybridized carbons (Fsp3) is 0.375. The number of benzene rings is 1. The van der Waals surface area contributed by atoms with Gasteiger partial charge in [-0.05, 0) is 60.2 Å². The smallest absolute Gasteiger partial charge is 0.307 e. The van der Waals surface area contributed by atoms with Crippen LogP contribution in [0.2, 0.25) is 0 Å². The van der Waals surface area contributed by atoms with E-state index in [2.05, 4.69) is 10.1 Å². The Morgan fingerprint density at radius 3 is 2.53 bits per heavy atom. The second-order valence-corrected chi connectivity index (χ2v) is 10.7. The minimum Gasteiger partial charge on any atom is -0.492 e. The molecule has 3 N–H and O–H groups in total. The molecule has 0 aliphatic rings. The number of pyridine rings is 1. The van der Waals surface area contributed by atoms with Crippen LogP contribution < -0.4 is 14.6 Å². The molecule has 12 heteroatoms. The molecule has 1 aromatic carbocycles.